The maximum Gasteiger partial charge on any atom is 0.214 e. The van der Waals surface area contributed by atoms with Crippen molar-refractivity contribution in [3.63, 3.8) is 0 Å². The lowest BCUT2D eigenvalue weighted by atomic mass is 10.2. The Labute approximate surface area is 119 Å². The molecule has 1 atom stereocenters. The van der Waals surface area contributed by atoms with E-state index in [1.807, 2.05) is 24.3 Å². The van der Waals surface area contributed by atoms with Crippen LogP contribution in [0.15, 0.2) is 36.9 Å². The normalized spacial score (nSPS) is 12.6. The third-order valence-corrected chi connectivity index (χ3v) is 3.74. The number of aliphatic hydroxyl groups is 1. The minimum absolute atomic E-state index is 0.117. The molecule has 0 fully saturated rings. The van der Waals surface area contributed by atoms with Crippen LogP contribution in [0.4, 0.5) is 0 Å². The molecule has 2 aromatic rings. The van der Waals surface area contributed by atoms with E-state index in [2.05, 4.69) is 29.2 Å². The highest BCUT2D eigenvalue weighted by atomic mass is 127. The molecule has 1 aromatic carbocycles. The molecule has 0 saturated carbocycles. The number of aliphatic hydroxyl groups excluding tert-OH is 1. The van der Waals surface area contributed by atoms with Crippen molar-refractivity contribution in [1.29, 1.82) is 0 Å². The second kappa shape index (κ2) is 5.73. The first-order valence-corrected chi connectivity index (χ1v) is 6.50. The number of aromatic nitrogens is 1. The molecule has 0 aliphatic carbocycles. The van der Waals surface area contributed by atoms with Crippen molar-refractivity contribution in [2.24, 2.45) is 0 Å². The summed E-state index contributed by atoms with van der Waals surface area (Å²) in [7, 11) is 1.56. The first-order chi connectivity index (χ1) is 8.70. The highest BCUT2D eigenvalue weighted by Gasteiger charge is 2.20. The largest absolute Gasteiger partial charge is 0.385 e. The highest BCUT2D eigenvalue weighted by molar-refractivity contribution is 14.1. The Morgan fingerprint density at radius 1 is 1.50 bits per heavy atom. The predicted octanol–water partition coefficient (Wildman–Crippen LogP) is 2.50. The lowest BCUT2D eigenvalue weighted by Crippen LogP contribution is -2.18. The van der Waals surface area contributed by atoms with E-state index in [1.165, 1.54) is 6.08 Å². The molecule has 0 aliphatic heterocycles. The Balaban J connectivity index is 2.64. The summed E-state index contributed by atoms with van der Waals surface area (Å²) in [6.07, 6.45) is 0.699. The Kier molecular flexibility index (Phi) is 4.26. The number of ether oxygens (including phenoxy) is 1. The fourth-order valence-corrected chi connectivity index (χ4v) is 2.79. The number of hydrogen-bond donors (Lipinski definition) is 1. The molecular weight excluding hydrogens is 345 g/mol. The van der Waals surface area contributed by atoms with Gasteiger partial charge in [-0.15, -0.1) is 6.58 Å². The fourth-order valence-electron chi connectivity index (χ4n) is 1.80. The number of benzene rings is 1. The third kappa shape index (κ3) is 2.25. The molecule has 96 valence electrons. The highest BCUT2D eigenvalue weighted by Crippen LogP contribution is 2.31. The van der Waals surface area contributed by atoms with Crippen molar-refractivity contribution in [1.82, 2.24) is 4.73 Å². The van der Waals surface area contributed by atoms with E-state index < -0.39 is 6.10 Å². The van der Waals surface area contributed by atoms with E-state index >= 15 is 0 Å². The summed E-state index contributed by atoms with van der Waals surface area (Å²) in [5.74, 6) is 0. The van der Waals surface area contributed by atoms with Gasteiger partial charge in [-0.05, 0) is 28.7 Å². The van der Waals surface area contributed by atoms with E-state index in [1.54, 1.807) is 11.8 Å². The molecular formula is C13H14INO3. The van der Waals surface area contributed by atoms with Crippen LogP contribution in [0.1, 0.15) is 11.8 Å². The van der Waals surface area contributed by atoms with Gasteiger partial charge in [-0.25, -0.2) is 0 Å². The number of halogens is 1. The second-order valence-electron chi connectivity index (χ2n) is 3.73. The Morgan fingerprint density at radius 2 is 2.22 bits per heavy atom. The summed E-state index contributed by atoms with van der Waals surface area (Å²) in [5, 5.41) is 11.1. The monoisotopic (exact) mass is 359 g/mol. The SMILES string of the molecule is C=CC(O)c1c(I)c2ccccc2n1OCOC. The summed E-state index contributed by atoms with van der Waals surface area (Å²) in [4.78, 5) is 5.53. The van der Waals surface area contributed by atoms with Crippen LogP contribution >= 0.6 is 22.6 Å². The Morgan fingerprint density at radius 3 is 2.89 bits per heavy atom. The fraction of sp³-hybridized carbons (Fsp3) is 0.231. The van der Waals surface area contributed by atoms with Crippen LogP contribution in [-0.4, -0.2) is 23.7 Å². The van der Waals surface area contributed by atoms with Gasteiger partial charge >= 0.3 is 0 Å². The summed E-state index contributed by atoms with van der Waals surface area (Å²) in [6, 6.07) is 7.81. The van der Waals surface area contributed by atoms with E-state index in [4.69, 9.17) is 9.57 Å². The smallest absolute Gasteiger partial charge is 0.214 e. The van der Waals surface area contributed by atoms with Crippen molar-refractivity contribution >= 4 is 33.5 Å². The van der Waals surface area contributed by atoms with Gasteiger partial charge in [0.25, 0.3) is 0 Å². The van der Waals surface area contributed by atoms with Crippen LogP contribution in [0, 0.1) is 3.57 Å². The van der Waals surface area contributed by atoms with Crippen molar-refractivity contribution < 1.29 is 14.7 Å². The average Bonchev–Trinajstić information content (AvgIpc) is 2.69. The Hall–Kier alpha value is -1.05. The number of fused-ring (bicyclic) bond motifs is 1. The standard InChI is InChI=1S/C13H14INO3/c1-3-11(16)13-12(14)9-6-4-5-7-10(9)15(13)18-8-17-2/h3-7,11,16H,1,8H2,2H3. The average molecular weight is 359 g/mol. The maximum absolute atomic E-state index is 10.0. The first kappa shape index (κ1) is 13.4. The maximum atomic E-state index is 10.0. The van der Waals surface area contributed by atoms with E-state index in [0.29, 0.717) is 5.69 Å². The molecule has 0 radical (unpaired) electrons. The number of rotatable bonds is 5. The molecule has 0 saturated heterocycles. The lowest BCUT2D eigenvalue weighted by Gasteiger charge is -2.13. The summed E-state index contributed by atoms with van der Waals surface area (Å²) < 4.78 is 7.47. The van der Waals surface area contributed by atoms with Crippen LogP contribution in [0.2, 0.25) is 0 Å². The topological polar surface area (TPSA) is 43.6 Å². The molecule has 0 bridgehead atoms. The van der Waals surface area contributed by atoms with E-state index in [9.17, 15) is 5.11 Å². The van der Waals surface area contributed by atoms with E-state index in [-0.39, 0.29) is 6.79 Å². The van der Waals surface area contributed by atoms with Crippen molar-refractivity contribution in [3.8, 4) is 0 Å². The summed E-state index contributed by atoms with van der Waals surface area (Å²) in [5.41, 5.74) is 1.57. The minimum Gasteiger partial charge on any atom is -0.385 e. The summed E-state index contributed by atoms with van der Waals surface area (Å²) >= 11 is 2.20. The van der Waals surface area contributed by atoms with Gasteiger partial charge in [0.15, 0.2) is 0 Å². The van der Waals surface area contributed by atoms with Crippen molar-refractivity contribution in [2.75, 3.05) is 13.9 Å². The van der Waals surface area contributed by atoms with Crippen LogP contribution in [0.25, 0.3) is 10.9 Å². The molecule has 1 aromatic heterocycles. The third-order valence-electron chi connectivity index (χ3n) is 2.61. The predicted molar refractivity (Wildman–Crippen MR) is 78.3 cm³/mol. The van der Waals surface area contributed by atoms with Crippen LogP contribution in [0.5, 0.6) is 0 Å². The first-order valence-electron chi connectivity index (χ1n) is 5.42. The van der Waals surface area contributed by atoms with Gasteiger partial charge in [-0.1, -0.05) is 24.3 Å². The minimum atomic E-state index is -0.777. The van der Waals surface area contributed by atoms with Gasteiger partial charge in [-0.3, -0.25) is 0 Å². The number of methoxy groups -OCH3 is 1. The zero-order valence-corrected chi connectivity index (χ0v) is 12.1. The van der Waals surface area contributed by atoms with Gasteiger partial charge in [0.1, 0.15) is 11.8 Å². The molecule has 0 amide bonds. The number of nitrogens with zero attached hydrogens (tertiary/aromatic N) is 1. The molecule has 4 nitrogen and oxygen atoms in total. The van der Waals surface area contributed by atoms with Crippen molar-refractivity contribution in [3.05, 3.63) is 46.2 Å². The molecule has 5 heteroatoms. The zero-order valence-electron chi connectivity index (χ0n) is 9.97. The molecule has 18 heavy (non-hydrogen) atoms. The molecule has 2 rings (SSSR count). The van der Waals surface area contributed by atoms with Crippen LogP contribution in [-0.2, 0) is 4.74 Å². The van der Waals surface area contributed by atoms with Crippen molar-refractivity contribution in [2.45, 2.75) is 6.10 Å². The molecule has 0 spiro atoms. The van der Waals surface area contributed by atoms with Gasteiger partial charge < -0.3 is 14.7 Å². The number of para-hydroxylation sites is 1. The van der Waals surface area contributed by atoms with Gasteiger partial charge in [0, 0.05) is 16.1 Å². The molecule has 1 unspecified atom stereocenters. The van der Waals surface area contributed by atoms with Crippen LogP contribution < -0.4 is 4.84 Å². The Bertz CT molecular complexity index is 565. The zero-order chi connectivity index (χ0) is 13.1. The van der Waals surface area contributed by atoms with Gasteiger partial charge in [0.2, 0.25) is 6.79 Å². The van der Waals surface area contributed by atoms with E-state index in [0.717, 1.165) is 14.5 Å². The quantitative estimate of drug-likeness (QED) is 0.507. The molecule has 1 N–H and O–H groups in total. The number of hydrogen-bond acceptors (Lipinski definition) is 3. The van der Waals surface area contributed by atoms with Crippen LogP contribution in [0.3, 0.4) is 0 Å². The molecule has 0 aliphatic rings. The summed E-state index contributed by atoms with van der Waals surface area (Å²) in [6.45, 7) is 3.73. The second-order valence-corrected chi connectivity index (χ2v) is 4.81. The molecule has 1 heterocycles. The van der Waals surface area contributed by atoms with Gasteiger partial charge in [0.05, 0.1) is 5.52 Å². The lowest BCUT2D eigenvalue weighted by molar-refractivity contribution is -0.0398. The van der Waals surface area contributed by atoms with Gasteiger partial charge in [-0.2, -0.15) is 4.73 Å².